The number of ether oxygens (including phenoxy) is 1. The zero-order chi connectivity index (χ0) is 20.6. The predicted molar refractivity (Wildman–Crippen MR) is 112 cm³/mol. The van der Waals surface area contributed by atoms with Crippen LogP contribution in [0.2, 0.25) is 0 Å². The molecule has 2 aromatic rings. The number of aryl methyl sites for hydroxylation is 2. The third kappa shape index (κ3) is 6.88. The van der Waals surface area contributed by atoms with Crippen LogP contribution in [0.5, 0.6) is 5.75 Å². The number of sulfonamides is 1. The van der Waals surface area contributed by atoms with Crippen LogP contribution in [-0.2, 0) is 14.8 Å². The maximum absolute atomic E-state index is 12.1. The summed E-state index contributed by atoms with van der Waals surface area (Å²) in [7, 11) is -3.41. The minimum absolute atomic E-state index is 0.119. The van der Waals surface area contributed by atoms with Gasteiger partial charge in [-0.15, -0.1) is 0 Å². The quantitative estimate of drug-likeness (QED) is 0.618. The standard InChI is InChI=1S/C21H28N2O4S/c1-17-8-6-10-19(16-17)23(28(3,25)26)14-7-12-21(24)22-13-15-27-20-11-5-4-9-18(20)2/h4-6,8-11,16H,7,12-15H2,1-3H3,(H,22,24). The molecule has 1 N–H and O–H groups in total. The summed E-state index contributed by atoms with van der Waals surface area (Å²) in [5.74, 6) is 0.685. The van der Waals surface area contributed by atoms with E-state index in [9.17, 15) is 13.2 Å². The third-order valence-corrected chi connectivity index (χ3v) is 5.42. The summed E-state index contributed by atoms with van der Waals surface area (Å²) in [6, 6.07) is 15.0. The van der Waals surface area contributed by atoms with Gasteiger partial charge in [-0.05, 0) is 49.6 Å². The summed E-state index contributed by atoms with van der Waals surface area (Å²) >= 11 is 0. The van der Waals surface area contributed by atoms with Crippen molar-refractivity contribution in [3.8, 4) is 5.75 Å². The van der Waals surface area contributed by atoms with Crippen LogP contribution in [0.1, 0.15) is 24.0 Å². The molecule has 0 heterocycles. The van der Waals surface area contributed by atoms with Crippen molar-refractivity contribution in [1.82, 2.24) is 5.32 Å². The maximum Gasteiger partial charge on any atom is 0.232 e. The van der Waals surface area contributed by atoms with Crippen LogP contribution in [-0.4, -0.2) is 40.3 Å². The minimum Gasteiger partial charge on any atom is -0.491 e. The van der Waals surface area contributed by atoms with Crippen LogP contribution in [0.25, 0.3) is 0 Å². The number of amides is 1. The molecule has 28 heavy (non-hydrogen) atoms. The first-order chi connectivity index (χ1) is 13.3. The minimum atomic E-state index is -3.41. The van der Waals surface area contributed by atoms with Crippen LogP contribution in [0, 0.1) is 13.8 Å². The molecule has 6 nitrogen and oxygen atoms in total. The van der Waals surface area contributed by atoms with Crippen molar-refractivity contribution in [2.75, 3.05) is 30.3 Å². The second kappa shape index (κ2) is 10.1. The van der Waals surface area contributed by atoms with Gasteiger partial charge < -0.3 is 10.1 Å². The van der Waals surface area contributed by atoms with Gasteiger partial charge in [-0.1, -0.05) is 30.3 Å². The molecule has 2 rings (SSSR count). The van der Waals surface area contributed by atoms with Crippen LogP contribution in [0.3, 0.4) is 0 Å². The highest BCUT2D eigenvalue weighted by atomic mass is 32.2. The largest absolute Gasteiger partial charge is 0.491 e. The zero-order valence-electron chi connectivity index (χ0n) is 16.6. The van der Waals surface area contributed by atoms with Crippen molar-refractivity contribution in [3.05, 3.63) is 59.7 Å². The lowest BCUT2D eigenvalue weighted by atomic mass is 10.2. The Balaban J connectivity index is 1.76. The summed E-state index contributed by atoms with van der Waals surface area (Å²) in [5, 5.41) is 2.80. The molecule has 0 aromatic heterocycles. The van der Waals surface area contributed by atoms with Crippen molar-refractivity contribution in [2.45, 2.75) is 26.7 Å². The first-order valence-electron chi connectivity index (χ1n) is 9.27. The van der Waals surface area contributed by atoms with E-state index in [0.717, 1.165) is 16.9 Å². The zero-order valence-corrected chi connectivity index (χ0v) is 17.5. The normalized spacial score (nSPS) is 11.1. The van der Waals surface area contributed by atoms with Gasteiger partial charge in [-0.2, -0.15) is 0 Å². The summed E-state index contributed by atoms with van der Waals surface area (Å²) in [6.07, 6.45) is 1.87. The van der Waals surface area contributed by atoms with Gasteiger partial charge >= 0.3 is 0 Å². The molecule has 0 unspecified atom stereocenters. The number of nitrogens with zero attached hydrogens (tertiary/aromatic N) is 1. The Morgan fingerprint density at radius 3 is 2.54 bits per heavy atom. The lowest BCUT2D eigenvalue weighted by Crippen LogP contribution is -2.33. The SMILES string of the molecule is Cc1cccc(N(CCCC(=O)NCCOc2ccccc2C)S(C)(=O)=O)c1. The molecule has 7 heteroatoms. The van der Waals surface area contributed by atoms with E-state index in [4.69, 9.17) is 4.74 Å². The number of carbonyl (C=O) groups excluding carboxylic acids is 1. The van der Waals surface area contributed by atoms with Crippen LogP contribution in [0.15, 0.2) is 48.5 Å². The molecular weight excluding hydrogens is 376 g/mol. The molecule has 0 aliphatic rings. The van der Waals surface area contributed by atoms with Gasteiger partial charge in [0.15, 0.2) is 0 Å². The Morgan fingerprint density at radius 1 is 1.11 bits per heavy atom. The van der Waals surface area contributed by atoms with E-state index in [0.29, 0.717) is 25.3 Å². The molecule has 0 fully saturated rings. The number of para-hydroxylation sites is 1. The average Bonchev–Trinajstić information content (AvgIpc) is 2.62. The molecule has 152 valence electrons. The van der Waals surface area contributed by atoms with Crippen molar-refractivity contribution in [1.29, 1.82) is 0 Å². The maximum atomic E-state index is 12.1. The van der Waals surface area contributed by atoms with Gasteiger partial charge in [0, 0.05) is 13.0 Å². The van der Waals surface area contributed by atoms with Crippen LogP contribution in [0.4, 0.5) is 5.69 Å². The molecule has 0 spiro atoms. The molecule has 0 bridgehead atoms. The summed E-state index contributed by atoms with van der Waals surface area (Å²) in [4.78, 5) is 12.0. The second-order valence-electron chi connectivity index (χ2n) is 6.74. The smallest absolute Gasteiger partial charge is 0.232 e. The second-order valence-corrected chi connectivity index (χ2v) is 8.65. The lowest BCUT2D eigenvalue weighted by Gasteiger charge is -2.22. The Hall–Kier alpha value is -2.54. The fraction of sp³-hybridized carbons (Fsp3) is 0.381. The molecule has 1 amide bonds. The van der Waals surface area contributed by atoms with Gasteiger partial charge in [0.2, 0.25) is 15.9 Å². The highest BCUT2D eigenvalue weighted by Gasteiger charge is 2.17. The number of hydrogen-bond donors (Lipinski definition) is 1. The summed E-state index contributed by atoms with van der Waals surface area (Å²) in [6.45, 7) is 4.93. The van der Waals surface area contributed by atoms with Gasteiger partial charge in [-0.3, -0.25) is 9.10 Å². The predicted octanol–water partition coefficient (Wildman–Crippen LogP) is 3.04. The number of rotatable bonds is 10. The highest BCUT2D eigenvalue weighted by Crippen LogP contribution is 2.19. The number of anilines is 1. The molecule has 0 atom stereocenters. The number of hydrogen-bond acceptors (Lipinski definition) is 4. The number of benzene rings is 2. The number of carbonyl (C=O) groups is 1. The van der Waals surface area contributed by atoms with E-state index in [1.54, 1.807) is 6.07 Å². The first kappa shape index (κ1) is 21.8. The van der Waals surface area contributed by atoms with E-state index in [-0.39, 0.29) is 18.9 Å². The van der Waals surface area contributed by atoms with Crippen molar-refractivity contribution >= 4 is 21.6 Å². The topological polar surface area (TPSA) is 75.7 Å². The van der Waals surface area contributed by atoms with E-state index < -0.39 is 10.0 Å². The fourth-order valence-electron chi connectivity index (χ4n) is 2.81. The third-order valence-electron chi connectivity index (χ3n) is 4.23. The van der Waals surface area contributed by atoms with E-state index in [1.807, 2.05) is 56.3 Å². The highest BCUT2D eigenvalue weighted by molar-refractivity contribution is 7.92. The van der Waals surface area contributed by atoms with Gasteiger partial charge in [0.05, 0.1) is 18.5 Å². The first-order valence-corrected chi connectivity index (χ1v) is 11.1. The van der Waals surface area contributed by atoms with Crippen LogP contribution >= 0.6 is 0 Å². The van der Waals surface area contributed by atoms with Gasteiger partial charge in [0.1, 0.15) is 12.4 Å². The average molecular weight is 405 g/mol. The molecule has 0 aliphatic heterocycles. The van der Waals surface area contributed by atoms with Crippen LogP contribution < -0.4 is 14.4 Å². The Bertz CT molecular complexity index is 897. The van der Waals surface area contributed by atoms with E-state index in [2.05, 4.69) is 5.32 Å². The summed E-state index contributed by atoms with van der Waals surface area (Å²) in [5.41, 5.74) is 2.65. The van der Waals surface area contributed by atoms with Crippen molar-refractivity contribution in [3.63, 3.8) is 0 Å². The van der Waals surface area contributed by atoms with Crippen molar-refractivity contribution < 1.29 is 17.9 Å². The number of nitrogens with one attached hydrogen (secondary N) is 1. The molecule has 0 saturated heterocycles. The summed E-state index contributed by atoms with van der Waals surface area (Å²) < 4.78 is 31.2. The molecule has 2 aromatic carbocycles. The Kier molecular flexibility index (Phi) is 7.87. The Labute approximate surface area is 167 Å². The fourth-order valence-corrected chi connectivity index (χ4v) is 3.77. The lowest BCUT2D eigenvalue weighted by molar-refractivity contribution is -0.121. The molecule has 0 saturated carbocycles. The van der Waals surface area contributed by atoms with Crippen molar-refractivity contribution in [2.24, 2.45) is 0 Å². The Morgan fingerprint density at radius 2 is 1.86 bits per heavy atom. The van der Waals surface area contributed by atoms with E-state index in [1.165, 1.54) is 10.6 Å². The van der Waals surface area contributed by atoms with Gasteiger partial charge in [-0.25, -0.2) is 8.42 Å². The molecule has 0 radical (unpaired) electrons. The molecule has 0 aliphatic carbocycles. The van der Waals surface area contributed by atoms with E-state index >= 15 is 0 Å². The van der Waals surface area contributed by atoms with Gasteiger partial charge in [0.25, 0.3) is 0 Å². The molecular formula is C21H28N2O4S. The monoisotopic (exact) mass is 404 g/mol.